The third-order valence-electron chi connectivity index (χ3n) is 5.45. The standard InChI is InChI=1S/C20H14Cl3N3O/c21-12-7-14(23)16(8-13(12)22)26-20(27)11-3-4-15-17(6-11)25-19-10-2-1-9(5-10)18(19)24-15/h3-4,6-10H,1-2,5H2,(H,26,27). The highest BCUT2D eigenvalue weighted by molar-refractivity contribution is 6.44. The predicted molar refractivity (Wildman–Crippen MR) is 108 cm³/mol. The van der Waals surface area contributed by atoms with E-state index in [1.165, 1.54) is 25.0 Å². The Morgan fingerprint density at radius 3 is 2.30 bits per heavy atom. The fraction of sp³-hybridized carbons (Fsp3) is 0.250. The molecule has 136 valence electrons. The number of hydrogen-bond donors (Lipinski definition) is 1. The Bertz CT molecular complexity index is 1120. The number of nitrogens with zero attached hydrogens (tertiary/aromatic N) is 2. The molecular weight excluding hydrogens is 405 g/mol. The maximum Gasteiger partial charge on any atom is 0.255 e. The molecule has 1 N–H and O–H groups in total. The number of aromatic nitrogens is 2. The molecule has 1 amide bonds. The van der Waals surface area contributed by atoms with Crippen LogP contribution in [0.4, 0.5) is 5.69 Å². The molecule has 0 radical (unpaired) electrons. The van der Waals surface area contributed by atoms with Crippen LogP contribution in [-0.4, -0.2) is 15.9 Å². The van der Waals surface area contributed by atoms with Gasteiger partial charge >= 0.3 is 0 Å². The average Bonchev–Trinajstić information content (AvgIpc) is 3.26. The van der Waals surface area contributed by atoms with Crippen molar-refractivity contribution in [2.45, 2.75) is 31.1 Å². The van der Waals surface area contributed by atoms with E-state index in [0.29, 0.717) is 38.2 Å². The van der Waals surface area contributed by atoms with Crippen molar-refractivity contribution in [2.24, 2.45) is 0 Å². The normalized spacial score (nSPS) is 20.1. The first-order valence-corrected chi connectivity index (χ1v) is 9.90. The maximum absolute atomic E-state index is 12.7. The summed E-state index contributed by atoms with van der Waals surface area (Å²) in [5.74, 6) is 0.789. The summed E-state index contributed by atoms with van der Waals surface area (Å²) in [5.41, 5.74) is 4.73. The summed E-state index contributed by atoms with van der Waals surface area (Å²) in [6.45, 7) is 0. The summed E-state index contributed by atoms with van der Waals surface area (Å²) >= 11 is 18.1. The molecule has 3 aromatic rings. The minimum atomic E-state index is -0.291. The second-order valence-electron chi connectivity index (χ2n) is 7.10. The van der Waals surface area contributed by atoms with Crippen LogP contribution in [0.1, 0.15) is 52.8 Å². The Morgan fingerprint density at radius 1 is 0.889 bits per heavy atom. The van der Waals surface area contributed by atoms with E-state index in [-0.39, 0.29) is 5.91 Å². The topological polar surface area (TPSA) is 54.9 Å². The van der Waals surface area contributed by atoms with Crippen LogP contribution in [0, 0.1) is 0 Å². The highest BCUT2D eigenvalue weighted by Gasteiger charge is 2.39. The van der Waals surface area contributed by atoms with E-state index in [0.717, 1.165) is 28.8 Å². The Morgan fingerprint density at radius 2 is 1.56 bits per heavy atom. The molecule has 2 aliphatic rings. The molecule has 7 heteroatoms. The fourth-order valence-corrected chi connectivity index (χ4v) is 4.71. The fourth-order valence-electron chi connectivity index (χ4n) is 4.11. The second-order valence-corrected chi connectivity index (χ2v) is 8.33. The number of hydrogen-bond acceptors (Lipinski definition) is 3. The van der Waals surface area contributed by atoms with Gasteiger partial charge in [0.05, 0.1) is 43.2 Å². The van der Waals surface area contributed by atoms with Crippen LogP contribution in [0.2, 0.25) is 15.1 Å². The molecule has 4 nitrogen and oxygen atoms in total. The number of rotatable bonds is 2. The number of carbonyl (C=O) groups excluding carboxylic acids is 1. The number of halogens is 3. The summed E-state index contributed by atoms with van der Waals surface area (Å²) in [7, 11) is 0. The van der Waals surface area contributed by atoms with Crippen molar-refractivity contribution in [1.82, 2.24) is 9.97 Å². The van der Waals surface area contributed by atoms with Gasteiger partial charge in [0.2, 0.25) is 0 Å². The Labute approximate surface area is 170 Å². The Balaban J connectivity index is 1.48. The van der Waals surface area contributed by atoms with Gasteiger partial charge in [-0.05, 0) is 49.6 Å². The first kappa shape index (κ1) is 17.2. The molecule has 2 unspecified atom stereocenters. The molecule has 5 rings (SSSR count). The van der Waals surface area contributed by atoms with Crippen molar-refractivity contribution in [3.05, 3.63) is 62.4 Å². The zero-order valence-corrected chi connectivity index (χ0v) is 16.4. The first-order chi connectivity index (χ1) is 13.0. The van der Waals surface area contributed by atoms with E-state index >= 15 is 0 Å². The van der Waals surface area contributed by atoms with Crippen molar-refractivity contribution in [3.63, 3.8) is 0 Å². The molecule has 1 heterocycles. The second kappa shape index (κ2) is 6.33. The lowest BCUT2D eigenvalue weighted by atomic mass is 10.00. The lowest BCUT2D eigenvalue weighted by molar-refractivity contribution is 0.102. The number of nitrogens with one attached hydrogen (secondary N) is 1. The lowest BCUT2D eigenvalue weighted by Crippen LogP contribution is -2.13. The predicted octanol–water partition coefficient (Wildman–Crippen LogP) is 6.21. The minimum Gasteiger partial charge on any atom is -0.321 e. The van der Waals surface area contributed by atoms with Crippen molar-refractivity contribution in [1.29, 1.82) is 0 Å². The maximum atomic E-state index is 12.7. The molecule has 1 aromatic heterocycles. The van der Waals surface area contributed by atoms with Gasteiger partial charge in [-0.25, -0.2) is 9.97 Å². The van der Waals surface area contributed by atoms with Crippen molar-refractivity contribution in [3.8, 4) is 0 Å². The highest BCUT2D eigenvalue weighted by Crippen LogP contribution is 2.51. The third-order valence-corrected chi connectivity index (χ3v) is 6.48. The first-order valence-electron chi connectivity index (χ1n) is 8.77. The molecule has 1 fully saturated rings. The van der Waals surface area contributed by atoms with Crippen LogP contribution in [0.25, 0.3) is 11.0 Å². The van der Waals surface area contributed by atoms with Crippen LogP contribution in [0.3, 0.4) is 0 Å². The minimum absolute atomic E-state index is 0.291. The Hall–Kier alpha value is -1.88. The van der Waals surface area contributed by atoms with Crippen molar-refractivity contribution in [2.75, 3.05) is 5.32 Å². The smallest absolute Gasteiger partial charge is 0.255 e. The summed E-state index contributed by atoms with van der Waals surface area (Å²) < 4.78 is 0. The Kier molecular flexibility index (Phi) is 4.04. The van der Waals surface area contributed by atoms with Crippen molar-refractivity contribution < 1.29 is 4.79 Å². The SMILES string of the molecule is O=C(Nc1cc(Cl)c(Cl)cc1Cl)c1ccc2nc3c(nc2c1)C1CCC3C1. The van der Waals surface area contributed by atoms with E-state index in [9.17, 15) is 4.79 Å². The number of amides is 1. The molecule has 2 aliphatic carbocycles. The van der Waals surface area contributed by atoms with E-state index in [1.54, 1.807) is 12.1 Å². The zero-order valence-electron chi connectivity index (χ0n) is 14.1. The van der Waals surface area contributed by atoms with Gasteiger partial charge in [-0.2, -0.15) is 0 Å². The molecule has 0 saturated heterocycles. The monoisotopic (exact) mass is 417 g/mol. The van der Waals surface area contributed by atoms with E-state index in [1.807, 2.05) is 6.07 Å². The van der Waals surface area contributed by atoms with Gasteiger partial charge in [0.1, 0.15) is 0 Å². The molecule has 2 bridgehead atoms. The largest absolute Gasteiger partial charge is 0.321 e. The number of anilines is 1. The van der Waals surface area contributed by atoms with E-state index in [2.05, 4.69) is 5.32 Å². The van der Waals surface area contributed by atoms with Gasteiger partial charge in [0.25, 0.3) is 5.91 Å². The molecular formula is C20H14Cl3N3O. The summed E-state index contributed by atoms with van der Waals surface area (Å²) in [6.07, 6.45) is 3.56. The number of fused-ring (bicyclic) bond motifs is 6. The van der Waals surface area contributed by atoms with Crippen LogP contribution < -0.4 is 5.32 Å². The van der Waals surface area contributed by atoms with Crippen LogP contribution in [-0.2, 0) is 0 Å². The van der Waals surface area contributed by atoms with Gasteiger partial charge in [-0.1, -0.05) is 34.8 Å². The van der Waals surface area contributed by atoms with Crippen LogP contribution >= 0.6 is 34.8 Å². The van der Waals surface area contributed by atoms with E-state index < -0.39 is 0 Å². The summed E-state index contributed by atoms with van der Waals surface area (Å²) in [4.78, 5) is 22.3. The molecule has 2 aromatic carbocycles. The van der Waals surface area contributed by atoms with Crippen LogP contribution in [0.5, 0.6) is 0 Å². The molecule has 2 atom stereocenters. The zero-order chi connectivity index (χ0) is 18.7. The molecule has 1 saturated carbocycles. The van der Waals surface area contributed by atoms with Gasteiger partial charge in [-0.15, -0.1) is 0 Å². The van der Waals surface area contributed by atoms with E-state index in [4.69, 9.17) is 44.8 Å². The lowest BCUT2D eigenvalue weighted by Gasteiger charge is -2.14. The molecule has 27 heavy (non-hydrogen) atoms. The highest BCUT2D eigenvalue weighted by atomic mass is 35.5. The molecule has 0 aliphatic heterocycles. The number of carbonyl (C=O) groups is 1. The molecule has 0 spiro atoms. The number of benzene rings is 2. The van der Waals surface area contributed by atoms with Crippen LogP contribution in [0.15, 0.2) is 30.3 Å². The van der Waals surface area contributed by atoms with Gasteiger partial charge in [0, 0.05) is 17.4 Å². The van der Waals surface area contributed by atoms with Crippen molar-refractivity contribution >= 4 is 57.4 Å². The summed E-state index contributed by atoms with van der Waals surface area (Å²) in [6, 6.07) is 8.41. The van der Waals surface area contributed by atoms with Gasteiger partial charge in [-0.3, -0.25) is 4.79 Å². The quantitative estimate of drug-likeness (QED) is 0.504. The summed E-state index contributed by atoms with van der Waals surface area (Å²) in [5, 5.41) is 3.76. The average molecular weight is 419 g/mol. The third kappa shape index (κ3) is 2.87. The van der Waals surface area contributed by atoms with Gasteiger partial charge in [0.15, 0.2) is 0 Å². The van der Waals surface area contributed by atoms with Gasteiger partial charge < -0.3 is 5.32 Å².